The molecule has 0 bridgehead atoms. The van der Waals surface area contributed by atoms with Crippen molar-refractivity contribution in [1.82, 2.24) is 29.1 Å². The topological polar surface area (TPSA) is 132 Å². The van der Waals surface area contributed by atoms with Gasteiger partial charge in [0.25, 0.3) is 0 Å². The SMILES string of the molecule is CCCCCCN(Cc1cccc(-n2ncc(C(=O)O)c2[C@@H]2C[C@H]2c2cn(C)nn2)c1)S(=O)(=O)c1ccc(Oc2ccccc2)cc1. The molecule has 0 saturated heterocycles. The number of nitrogens with zero attached hydrogens (tertiary/aromatic N) is 6. The van der Waals surface area contributed by atoms with E-state index >= 15 is 0 Å². The summed E-state index contributed by atoms with van der Waals surface area (Å²) in [4.78, 5) is 12.4. The van der Waals surface area contributed by atoms with Crippen LogP contribution in [0.4, 0.5) is 0 Å². The molecule has 0 aliphatic heterocycles. The van der Waals surface area contributed by atoms with Gasteiger partial charge in [-0.25, -0.2) is 17.9 Å². The largest absolute Gasteiger partial charge is 0.478 e. The van der Waals surface area contributed by atoms with Crippen molar-refractivity contribution in [3.05, 3.63) is 114 Å². The number of unbranched alkanes of at least 4 members (excludes halogenated alkanes) is 3. The van der Waals surface area contributed by atoms with Crippen LogP contribution in [0.15, 0.2) is 96.2 Å². The molecule has 0 spiro atoms. The first kappa shape index (κ1) is 32.1. The monoisotopic (exact) mass is 654 g/mol. The summed E-state index contributed by atoms with van der Waals surface area (Å²) >= 11 is 0. The zero-order valence-corrected chi connectivity index (χ0v) is 27.3. The summed E-state index contributed by atoms with van der Waals surface area (Å²) in [5.41, 5.74) is 3.00. The fourth-order valence-corrected chi connectivity index (χ4v) is 7.35. The Labute approximate surface area is 274 Å². The fraction of sp³-hybridized carbons (Fsp3) is 0.314. The molecule has 1 aliphatic rings. The molecular formula is C35H38N6O5S. The van der Waals surface area contributed by atoms with Crippen molar-refractivity contribution in [2.45, 2.75) is 62.3 Å². The first-order valence-corrected chi connectivity index (χ1v) is 17.3. The molecule has 1 saturated carbocycles. The Balaban J connectivity index is 1.26. The third kappa shape index (κ3) is 7.28. The quantitative estimate of drug-likeness (QED) is 0.126. The average molecular weight is 655 g/mol. The predicted molar refractivity (Wildman–Crippen MR) is 176 cm³/mol. The smallest absolute Gasteiger partial charge is 0.339 e. The lowest BCUT2D eigenvalue weighted by Gasteiger charge is -2.23. The number of ether oxygens (including phenoxy) is 1. The molecule has 0 unspecified atom stereocenters. The summed E-state index contributed by atoms with van der Waals surface area (Å²) in [7, 11) is -2.04. The maximum absolute atomic E-state index is 14.0. The molecule has 11 nitrogen and oxygen atoms in total. The average Bonchev–Trinajstić information content (AvgIpc) is 3.51. The highest BCUT2D eigenvalue weighted by Gasteiger charge is 2.46. The van der Waals surface area contributed by atoms with Gasteiger partial charge in [0.05, 0.1) is 28.2 Å². The number of rotatable bonds is 15. The Morgan fingerprint density at radius 2 is 1.74 bits per heavy atom. The maximum Gasteiger partial charge on any atom is 0.339 e. The van der Waals surface area contributed by atoms with Crippen LogP contribution in [0.5, 0.6) is 11.5 Å². The van der Waals surface area contributed by atoms with Gasteiger partial charge in [-0.2, -0.15) is 9.40 Å². The van der Waals surface area contributed by atoms with Crippen molar-refractivity contribution in [3.63, 3.8) is 0 Å². The molecule has 0 amide bonds. The second-order valence-electron chi connectivity index (χ2n) is 11.9. The highest BCUT2D eigenvalue weighted by molar-refractivity contribution is 7.89. The first-order chi connectivity index (χ1) is 22.7. The van der Waals surface area contributed by atoms with E-state index in [4.69, 9.17) is 4.74 Å². The van der Waals surface area contributed by atoms with Gasteiger partial charge in [-0.15, -0.1) is 5.10 Å². The van der Waals surface area contributed by atoms with Gasteiger partial charge in [-0.05, 0) is 66.9 Å². The number of carboxylic acid groups (broad SMARTS) is 1. The van der Waals surface area contributed by atoms with Gasteiger partial charge in [0, 0.05) is 38.2 Å². The third-order valence-corrected chi connectivity index (χ3v) is 10.3. The van der Waals surface area contributed by atoms with Crippen LogP contribution in [0.25, 0.3) is 5.69 Å². The predicted octanol–water partition coefficient (Wildman–Crippen LogP) is 6.53. The lowest BCUT2D eigenvalue weighted by atomic mass is 10.1. The number of aromatic nitrogens is 5. The van der Waals surface area contributed by atoms with E-state index in [0.29, 0.717) is 29.4 Å². The van der Waals surface area contributed by atoms with Crippen LogP contribution in [0.3, 0.4) is 0 Å². The number of carbonyl (C=O) groups is 1. The standard InChI is InChI=1S/C35H38N6O5S/c1-3-4-5-9-19-40(47(44,45)29-17-15-28(16-18-29)46-27-13-7-6-8-14-27)23-25-11-10-12-26(20-25)41-34(32(22-36-41)35(42)43)31-21-30(31)33-24-39(2)38-37-33/h6-8,10-18,20,22,24,30-31H,3-5,9,19,21,23H2,1-2H3,(H,42,43)/t30-,31-/m1/s1. The molecule has 244 valence electrons. The van der Waals surface area contributed by atoms with Gasteiger partial charge in [0.15, 0.2) is 0 Å². The van der Waals surface area contributed by atoms with Gasteiger partial charge in [0.1, 0.15) is 17.1 Å². The lowest BCUT2D eigenvalue weighted by Crippen LogP contribution is -2.31. The minimum atomic E-state index is -3.85. The molecule has 12 heteroatoms. The second kappa shape index (κ2) is 13.9. The second-order valence-corrected chi connectivity index (χ2v) is 13.8. The van der Waals surface area contributed by atoms with Crippen molar-refractivity contribution < 1.29 is 23.1 Å². The summed E-state index contributed by atoms with van der Waals surface area (Å²) in [6.45, 7) is 2.64. The minimum Gasteiger partial charge on any atom is -0.478 e. The lowest BCUT2D eigenvalue weighted by molar-refractivity contribution is 0.0695. The Kier molecular flexibility index (Phi) is 9.50. The molecule has 1 N–H and O–H groups in total. The summed E-state index contributed by atoms with van der Waals surface area (Å²) < 4.78 is 38.7. The molecule has 3 aromatic carbocycles. The molecule has 1 aliphatic carbocycles. The molecule has 0 radical (unpaired) electrons. The number of aryl methyl sites for hydroxylation is 1. The Bertz CT molecular complexity index is 1940. The van der Waals surface area contributed by atoms with E-state index in [1.807, 2.05) is 60.8 Å². The number of sulfonamides is 1. The number of benzene rings is 3. The zero-order valence-electron chi connectivity index (χ0n) is 26.4. The van der Waals surface area contributed by atoms with Crippen molar-refractivity contribution in [3.8, 4) is 17.2 Å². The molecule has 2 aromatic heterocycles. The van der Waals surface area contributed by atoms with Crippen LogP contribution in [-0.2, 0) is 23.6 Å². The van der Waals surface area contributed by atoms with Crippen molar-refractivity contribution >= 4 is 16.0 Å². The fourth-order valence-electron chi connectivity index (χ4n) is 5.89. The number of carboxylic acids is 1. The van der Waals surface area contributed by atoms with Crippen molar-refractivity contribution in [2.75, 3.05) is 6.54 Å². The van der Waals surface area contributed by atoms with Gasteiger partial charge < -0.3 is 9.84 Å². The highest BCUT2D eigenvalue weighted by atomic mass is 32.2. The molecule has 5 aromatic rings. The third-order valence-electron chi connectivity index (χ3n) is 8.39. The van der Waals surface area contributed by atoms with E-state index in [0.717, 1.165) is 43.4 Å². The van der Waals surface area contributed by atoms with Crippen molar-refractivity contribution in [2.24, 2.45) is 7.05 Å². The maximum atomic E-state index is 14.0. The molecule has 2 heterocycles. The van der Waals surface area contributed by atoms with Crippen LogP contribution >= 0.6 is 0 Å². The zero-order chi connectivity index (χ0) is 33.0. The van der Waals surface area contributed by atoms with E-state index < -0.39 is 16.0 Å². The van der Waals surface area contributed by atoms with E-state index in [-0.39, 0.29) is 28.8 Å². The van der Waals surface area contributed by atoms with E-state index in [1.165, 1.54) is 10.5 Å². The number of para-hydroxylation sites is 1. The number of hydrogen-bond donors (Lipinski definition) is 1. The first-order valence-electron chi connectivity index (χ1n) is 15.8. The Morgan fingerprint density at radius 1 is 0.979 bits per heavy atom. The normalized spacial score (nSPS) is 16.0. The molecule has 6 rings (SSSR count). The van der Waals surface area contributed by atoms with Crippen LogP contribution < -0.4 is 4.74 Å². The molecule has 1 fully saturated rings. The summed E-state index contributed by atoms with van der Waals surface area (Å²) in [5, 5.41) is 22.7. The molecule has 47 heavy (non-hydrogen) atoms. The summed E-state index contributed by atoms with van der Waals surface area (Å²) in [6.07, 6.45) is 7.70. The van der Waals surface area contributed by atoms with Gasteiger partial charge in [0.2, 0.25) is 10.0 Å². The van der Waals surface area contributed by atoms with Crippen LogP contribution in [0, 0.1) is 0 Å². The number of hydrogen-bond acceptors (Lipinski definition) is 7. The molecule has 2 atom stereocenters. The van der Waals surface area contributed by atoms with Gasteiger partial charge >= 0.3 is 5.97 Å². The summed E-state index contributed by atoms with van der Waals surface area (Å²) in [5.74, 6) is 0.145. The van der Waals surface area contributed by atoms with Crippen LogP contribution in [0.2, 0.25) is 0 Å². The Morgan fingerprint density at radius 3 is 2.45 bits per heavy atom. The summed E-state index contributed by atoms with van der Waals surface area (Å²) in [6, 6.07) is 23.3. The van der Waals surface area contributed by atoms with Crippen LogP contribution in [-0.4, -0.2) is 55.1 Å². The van der Waals surface area contributed by atoms with E-state index in [2.05, 4.69) is 22.3 Å². The molecular weight excluding hydrogens is 616 g/mol. The number of aromatic carboxylic acids is 1. The minimum absolute atomic E-state index is 0.0497. The van der Waals surface area contributed by atoms with Crippen LogP contribution in [0.1, 0.15) is 78.2 Å². The Hall–Kier alpha value is -4.81. The van der Waals surface area contributed by atoms with E-state index in [9.17, 15) is 18.3 Å². The van der Waals surface area contributed by atoms with Gasteiger partial charge in [-0.3, -0.25) is 4.68 Å². The highest BCUT2D eigenvalue weighted by Crippen LogP contribution is 2.55. The van der Waals surface area contributed by atoms with Gasteiger partial charge in [-0.1, -0.05) is 61.7 Å². The van der Waals surface area contributed by atoms with E-state index in [1.54, 1.807) is 40.7 Å². The van der Waals surface area contributed by atoms with Crippen molar-refractivity contribution in [1.29, 1.82) is 0 Å².